The average molecular weight is 511 g/mol. The standard InChI is InChI=1S/C28H34N2O7/c1-35-15-11-24(32)30(13-10-18-6-5-7-19(16-18)36-2)22-17-21(28(34)29-12-14-31)25-20-8-3-4-9-23(20)37-27(25)26(22)33/h3-9,16-17,22,25-27,31,33H,10-15H2,1-2H3,(H,29,34). The summed E-state index contributed by atoms with van der Waals surface area (Å²) in [6, 6.07) is 14.2. The van der Waals surface area contributed by atoms with Crippen LogP contribution in [0, 0.1) is 0 Å². The van der Waals surface area contributed by atoms with E-state index in [2.05, 4.69) is 5.32 Å². The van der Waals surface area contributed by atoms with Crippen molar-refractivity contribution in [2.45, 2.75) is 37.0 Å². The summed E-state index contributed by atoms with van der Waals surface area (Å²) in [5.74, 6) is 0.268. The molecule has 0 saturated carbocycles. The number of nitrogens with zero attached hydrogens (tertiary/aromatic N) is 1. The van der Waals surface area contributed by atoms with Crippen LogP contribution in [-0.4, -0.2) is 85.7 Å². The summed E-state index contributed by atoms with van der Waals surface area (Å²) in [6.45, 7) is 0.437. The van der Waals surface area contributed by atoms with Gasteiger partial charge in [0.2, 0.25) is 11.8 Å². The average Bonchev–Trinajstić information content (AvgIpc) is 3.32. The molecule has 0 radical (unpaired) electrons. The van der Waals surface area contributed by atoms with Gasteiger partial charge in [0, 0.05) is 31.3 Å². The molecular weight excluding hydrogens is 476 g/mol. The van der Waals surface area contributed by atoms with Crippen molar-refractivity contribution < 1.29 is 34.0 Å². The topological polar surface area (TPSA) is 118 Å². The molecule has 0 aromatic heterocycles. The third-order valence-corrected chi connectivity index (χ3v) is 6.85. The Labute approximate surface area is 216 Å². The molecular formula is C28H34N2O7. The molecule has 0 fully saturated rings. The van der Waals surface area contributed by atoms with Crippen LogP contribution in [0.5, 0.6) is 11.5 Å². The molecule has 2 aliphatic rings. The minimum Gasteiger partial charge on any atom is -0.497 e. The highest BCUT2D eigenvalue weighted by atomic mass is 16.5. The van der Waals surface area contributed by atoms with Crippen LogP contribution in [0.15, 0.2) is 60.2 Å². The van der Waals surface area contributed by atoms with Gasteiger partial charge >= 0.3 is 0 Å². The molecule has 0 spiro atoms. The van der Waals surface area contributed by atoms with Gasteiger partial charge in [-0.05, 0) is 36.3 Å². The van der Waals surface area contributed by atoms with E-state index >= 15 is 0 Å². The molecule has 0 bridgehead atoms. The molecule has 4 atom stereocenters. The van der Waals surface area contributed by atoms with Gasteiger partial charge in [-0.25, -0.2) is 0 Å². The lowest BCUT2D eigenvalue weighted by atomic mass is 9.77. The lowest BCUT2D eigenvalue weighted by Crippen LogP contribution is -2.56. The first-order valence-corrected chi connectivity index (χ1v) is 12.4. The van der Waals surface area contributed by atoms with Gasteiger partial charge < -0.3 is 34.6 Å². The molecule has 1 aliphatic heterocycles. The third-order valence-electron chi connectivity index (χ3n) is 6.85. The van der Waals surface area contributed by atoms with E-state index in [1.54, 1.807) is 18.1 Å². The van der Waals surface area contributed by atoms with Gasteiger partial charge in [0.15, 0.2) is 0 Å². The second-order valence-corrected chi connectivity index (χ2v) is 9.11. The Morgan fingerprint density at radius 1 is 1.14 bits per heavy atom. The Morgan fingerprint density at radius 3 is 2.70 bits per heavy atom. The van der Waals surface area contributed by atoms with Crippen molar-refractivity contribution in [2.75, 3.05) is 40.5 Å². The monoisotopic (exact) mass is 510 g/mol. The van der Waals surface area contributed by atoms with Gasteiger partial charge in [-0.2, -0.15) is 0 Å². The molecule has 37 heavy (non-hydrogen) atoms. The number of fused-ring (bicyclic) bond motifs is 3. The summed E-state index contributed by atoms with van der Waals surface area (Å²) in [7, 11) is 3.13. The van der Waals surface area contributed by atoms with Gasteiger partial charge in [0.1, 0.15) is 23.7 Å². The summed E-state index contributed by atoms with van der Waals surface area (Å²) in [5, 5.41) is 23.5. The van der Waals surface area contributed by atoms with Gasteiger partial charge in [0.25, 0.3) is 0 Å². The van der Waals surface area contributed by atoms with Crippen molar-refractivity contribution in [3.05, 3.63) is 71.3 Å². The first-order valence-electron chi connectivity index (χ1n) is 12.4. The van der Waals surface area contributed by atoms with Gasteiger partial charge in [-0.1, -0.05) is 30.3 Å². The van der Waals surface area contributed by atoms with Crippen molar-refractivity contribution in [3.8, 4) is 11.5 Å². The normalized spacial score (nSPS) is 21.8. The molecule has 2 aromatic carbocycles. The zero-order valence-electron chi connectivity index (χ0n) is 21.1. The van der Waals surface area contributed by atoms with Crippen molar-refractivity contribution in [3.63, 3.8) is 0 Å². The summed E-state index contributed by atoms with van der Waals surface area (Å²) < 4.78 is 16.6. The molecule has 4 unspecified atom stereocenters. The number of amides is 2. The number of benzene rings is 2. The fraction of sp³-hybridized carbons (Fsp3) is 0.429. The van der Waals surface area contributed by atoms with Crippen LogP contribution in [0.2, 0.25) is 0 Å². The second-order valence-electron chi connectivity index (χ2n) is 9.11. The number of rotatable bonds is 11. The predicted molar refractivity (Wildman–Crippen MR) is 136 cm³/mol. The van der Waals surface area contributed by atoms with Crippen LogP contribution in [0.1, 0.15) is 23.5 Å². The van der Waals surface area contributed by atoms with E-state index in [0.717, 1.165) is 16.9 Å². The first-order chi connectivity index (χ1) is 18.0. The summed E-state index contributed by atoms with van der Waals surface area (Å²) >= 11 is 0. The molecule has 2 amide bonds. The van der Waals surface area contributed by atoms with E-state index in [-0.39, 0.29) is 38.0 Å². The Balaban J connectivity index is 1.68. The molecule has 2 aromatic rings. The number of hydrogen-bond donors (Lipinski definition) is 3. The minimum absolute atomic E-state index is 0.0929. The molecule has 9 heteroatoms. The molecule has 4 rings (SSSR count). The summed E-state index contributed by atoms with van der Waals surface area (Å²) in [5.41, 5.74) is 2.19. The quantitative estimate of drug-likeness (QED) is 0.419. The van der Waals surface area contributed by atoms with Crippen LogP contribution in [0.4, 0.5) is 0 Å². The number of ether oxygens (including phenoxy) is 3. The lowest BCUT2D eigenvalue weighted by Gasteiger charge is -2.41. The maximum Gasteiger partial charge on any atom is 0.247 e. The number of aliphatic hydroxyl groups is 2. The molecule has 3 N–H and O–H groups in total. The summed E-state index contributed by atoms with van der Waals surface area (Å²) in [4.78, 5) is 28.2. The highest BCUT2D eigenvalue weighted by Gasteiger charge is 2.50. The second kappa shape index (κ2) is 12.2. The minimum atomic E-state index is -1.07. The van der Waals surface area contributed by atoms with Crippen LogP contribution in [0.3, 0.4) is 0 Å². The van der Waals surface area contributed by atoms with E-state index in [1.165, 1.54) is 7.11 Å². The third kappa shape index (κ3) is 5.79. The van der Waals surface area contributed by atoms with Crippen LogP contribution in [-0.2, 0) is 20.7 Å². The van der Waals surface area contributed by atoms with Gasteiger partial charge in [-0.15, -0.1) is 0 Å². The highest BCUT2D eigenvalue weighted by molar-refractivity contribution is 5.96. The van der Waals surface area contributed by atoms with Gasteiger partial charge in [0.05, 0.1) is 38.7 Å². The number of nitrogens with one attached hydrogen (secondary N) is 1. The Bertz CT molecular complexity index is 1140. The Kier molecular flexibility index (Phi) is 8.81. The first kappa shape index (κ1) is 26.7. The molecule has 0 saturated heterocycles. The zero-order chi connectivity index (χ0) is 26.4. The largest absolute Gasteiger partial charge is 0.497 e. The zero-order valence-corrected chi connectivity index (χ0v) is 21.1. The molecule has 9 nitrogen and oxygen atoms in total. The number of methoxy groups -OCH3 is 2. The summed E-state index contributed by atoms with van der Waals surface area (Å²) in [6.07, 6.45) is 0.530. The number of aliphatic hydroxyl groups excluding tert-OH is 2. The smallest absolute Gasteiger partial charge is 0.247 e. The number of carbonyl (C=O) groups excluding carboxylic acids is 2. The van der Waals surface area contributed by atoms with Crippen molar-refractivity contribution >= 4 is 11.8 Å². The van der Waals surface area contributed by atoms with Crippen LogP contribution < -0.4 is 14.8 Å². The SMILES string of the molecule is COCCC(=O)N(CCc1cccc(OC)c1)C1C=C(C(=O)NCCO)C2c3ccccc3OC2C1O. The fourth-order valence-corrected chi connectivity index (χ4v) is 5.04. The van der Waals surface area contributed by atoms with Crippen molar-refractivity contribution in [1.29, 1.82) is 0 Å². The highest BCUT2D eigenvalue weighted by Crippen LogP contribution is 2.47. The molecule has 1 aliphatic carbocycles. The van der Waals surface area contributed by atoms with E-state index in [4.69, 9.17) is 14.2 Å². The lowest BCUT2D eigenvalue weighted by molar-refractivity contribution is -0.138. The van der Waals surface area contributed by atoms with E-state index < -0.39 is 24.2 Å². The number of para-hydroxylation sites is 1. The molecule has 1 heterocycles. The number of carbonyl (C=O) groups is 2. The Morgan fingerprint density at radius 2 is 1.95 bits per heavy atom. The Hall–Kier alpha value is -3.40. The van der Waals surface area contributed by atoms with E-state index in [1.807, 2.05) is 48.5 Å². The maximum atomic E-state index is 13.4. The van der Waals surface area contributed by atoms with E-state index in [0.29, 0.717) is 24.3 Å². The molecule has 198 valence electrons. The van der Waals surface area contributed by atoms with Crippen molar-refractivity contribution in [1.82, 2.24) is 10.2 Å². The van der Waals surface area contributed by atoms with E-state index in [9.17, 15) is 19.8 Å². The fourth-order valence-electron chi connectivity index (χ4n) is 5.04. The number of hydrogen-bond acceptors (Lipinski definition) is 7. The van der Waals surface area contributed by atoms with Crippen molar-refractivity contribution in [2.24, 2.45) is 0 Å². The maximum absolute atomic E-state index is 13.4. The van der Waals surface area contributed by atoms with Crippen LogP contribution in [0.25, 0.3) is 0 Å². The van der Waals surface area contributed by atoms with Crippen LogP contribution >= 0.6 is 0 Å². The van der Waals surface area contributed by atoms with Gasteiger partial charge in [-0.3, -0.25) is 9.59 Å². The predicted octanol–water partition coefficient (Wildman–Crippen LogP) is 1.43.